The van der Waals surface area contributed by atoms with Crippen LogP contribution in [0.4, 0.5) is 8.78 Å². The van der Waals surface area contributed by atoms with Gasteiger partial charge in [-0.05, 0) is 49.3 Å². The fraction of sp³-hybridized carbons (Fsp3) is 0.600. The quantitative estimate of drug-likeness (QED) is 0.910. The number of halogens is 2. The zero-order chi connectivity index (χ0) is 13.5. The molecule has 2 fully saturated rings. The molecule has 0 bridgehead atoms. The minimum atomic E-state index is -0.524. The number of benzene rings is 1. The molecule has 1 saturated carbocycles. The smallest absolute Gasteiger partial charge is 0.126 e. The molecule has 2 nitrogen and oxygen atoms in total. The van der Waals surface area contributed by atoms with Gasteiger partial charge in [0.2, 0.25) is 0 Å². The highest BCUT2D eigenvalue weighted by Gasteiger charge is 2.50. The summed E-state index contributed by atoms with van der Waals surface area (Å²) < 4.78 is 32.4. The molecular weight excluding hydrogens is 248 g/mol. The summed E-state index contributed by atoms with van der Waals surface area (Å²) in [6.45, 7) is 1.21. The van der Waals surface area contributed by atoms with Crippen LogP contribution in [0.1, 0.15) is 24.8 Å². The molecule has 0 amide bonds. The molecule has 1 heterocycles. The van der Waals surface area contributed by atoms with E-state index in [2.05, 4.69) is 0 Å². The van der Waals surface area contributed by atoms with Crippen molar-refractivity contribution in [3.05, 3.63) is 35.4 Å². The van der Waals surface area contributed by atoms with Gasteiger partial charge in [0.15, 0.2) is 0 Å². The molecular formula is C15H19F2NO. The second kappa shape index (κ2) is 4.84. The molecule has 2 atom stereocenters. The van der Waals surface area contributed by atoms with Gasteiger partial charge in [0, 0.05) is 24.6 Å². The lowest BCUT2D eigenvalue weighted by molar-refractivity contribution is 0.0344. The lowest BCUT2D eigenvalue weighted by Crippen LogP contribution is -2.41. The fourth-order valence-corrected chi connectivity index (χ4v) is 3.34. The van der Waals surface area contributed by atoms with E-state index in [-0.39, 0.29) is 11.5 Å². The van der Waals surface area contributed by atoms with Gasteiger partial charge in [0.25, 0.3) is 0 Å². The third kappa shape index (κ3) is 2.51. The van der Waals surface area contributed by atoms with Crippen LogP contribution in [-0.4, -0.2) is 19.3 Å². The van der Waals surface area contributed by atoms with Crippen molar-refractivity contribution < 1.29 is 13.5 Å². The summed E-state index contributed by atoms with van der Waals surface area (Å²) in [5.74, 6) is -0.461. The number of nitrogens with two attached hydrogens (primary N) is 1. The standard InChI is InChI=1S/C15H19F2NO/c16-12-5-10(6-13(17)7-12)8-15(9-18)3-4-19-14(15)11-1-2-11/h5-7,11,14H,1-4,8-9,18H2. The molecule has 19 heavy (non-hydrogen) atoms. The van der Waals surface area contributed by atoms with Gasteiger partial charge < -0.3 is 10.5 Å². The molecule has 2 N–H and O–H groups in total. The summed E-state index contributed by atoms with van der Waals surface area (Å²) >= 11 is 0. The monoisotopic (exact) mass is 267 g/mol. The maximum absolute atomic E-state index is 13.3. The van der Waals surface area contributed by atoms with Crippen molar-refractivity contribution in [2.45, 2.75) is 31.8 Å². The van der Waals surface area contributed by atoms with Crippen molar-refractivity contribution in [3.63, 3.8) is 0 Å². The second-order valence-corrected chi connectivity index (χ2v) is 5.90. The Balaban J connectivity index is 1.85. The van der Waals surface area contributed by atoms with Gasteiger partial charge in [0.1, 0.15) is 11.6 Å². The second-order valence-electron chi connectivity index (χ2n) is 5.90. The molecule has 4 heteroatoms. The predicted molar refractivity (Wildman–Crippen MR) is 68.6 cm³/mol. The van der Waals surface area contributed by atoms with Gasteiger partial charge in [-0.15, -0.1) is 0 Å². The van der Waals surface area contributed by atoms with E-state index in [0.29, 0.717) is 31.1 Å². The summed E-state index contributed by atoms with van der Waals surface area (Å²) in [5.41, 5.74) is 6.51. The van der Waals surface area contributed by atoms with Crippen LogP contribution in [0.5, 0.6) is 0 Å². The molecule has 0 radical (unpaired) electrons. The van der Waals surface area contributed by atoms with Crippen LogP contribution < -0.4 is 5.73 Å². The Morgan fingerprint density at radius 1 is 1.21 bits per heavy atom. The maximum Gasteiger partial charge on any atom is 0.126 e. The van der Waals surface area contributed by atoms with E-state index in [4.69, 9.17) is 10.5 Å². The zero-order valence-corrected chi connectivity index (χ0v) is 10.9. The van der Waals surface area contributed by atoms with Crippen LogP contribution in [-0.2, 0) is 11.2 Å². The molecule has 1 aliphatic carbocycles. The maximum atomic E-state index is 13.3. The van der Waals surface area contributed by atoms with Crippen LogP contribution in [0.25, 0.3) is 0 Å². The largest absolute Gasteiger partial charge is 0.377 e. The molecule has 1 aromatic carbocycles. The van der Waals surface area contributed by atoms with Gasteiger partial charge in [0.05, 0.1) is 6.10 Å². The Labute approximate surface area is 111 Å². The minimum Gasteiger partial charge on any atom is -0.377 e. The molecule has 104 valence electrons. The first-order valence-corrected chi connectivity index (χ1v) is 6.90. The molecule has 0 spiro atoms. The lowest BCUT2D eigenvalue weighted by Gasteiger charge is -2.33. The summed E-state index contributed by atoms with van der Waals surface area (Å²) in [5, 5.41) is 0. The van der Waals surface area contributed by atoms with Gasteiger partial charge in [-0.1, -0.05) is 0 Å². The first-order valence-electron chi connectivity index (χ1n) is 6.90. The Kier molecular flexibility index (Phi) is 3.31. The van der Waals surface area contributed by atoms with Crippen LogP contribution in [0.2, 0.25) is 0 Å². The summed E-state index contributed by atoms with van der Waals surface area (Å²) in [6.07, 6.45) is 4.00. The van der Waals surface area contributed by atoms with Crippen LogP contribution in [0.15, 0.2) is 18.2 Å². The third-order valence-corrected chi connectivity index (χ3v) is 4.44. The average molecular weight is 267 g/mol. The number of rotatable bonds is 4. The van der Waals surface area contributed by atoms with E-state index in [1.54, 1.807) is 0 Å². The van der Waals surface area contributed by atoms with E-state index in [1.165, 1.54) is 25.0 Å². The summed E-state index contributed by atoms with van der Waals surface area (Å²) in [7, 11) is 0. The van der Waals surface area contributed by atoms with E-state index < -0.39 is 11.6 Å². The fourth-order valence-electron chi connectivity index (χ4n) is 3.34. The summed E-state index contributed by atoms with van der Waals surface area (Å²) in [6, 6.07) is 3.72. The lowest BCUT2D eigenvalue weighted by atomic mass is 9.74. The molecule has 1 aromatic rings. The van der Waals surface area contributed by atoms with E-state index in [0.717, 1.165) is 12.5 Å². The molecule has 0 aromatic heterocycles. The number of hydrogen-bond acceptors (Lipinski definition) is 2. The molecule has 2 unspecified atom stereocenters. The summed E-state index contributed by atoms with van der Waals surface area (Å²) in [4.78, 5) is 0. The Morgan fingerprint density at radius 3 is 2.47 bits per heavy atom. The zero-order valence-electron chi connectivity index (χ0n) is 10.9. The first-order chi connectivity index (χ1) is 9.13. The van der Waals surface area contributed by atoms with E-state index in [9.17, 15) is 8.78 Å². The van der Waals surface area contributed by atoms with Crippen molar-refractivity contribution in [2.24, 2.45) is 17.1 Å². The van der Waals surface area contributed by atoms with Crippen molar-refractivity contribution in [3.8, 4) is 0 Å². The number of hydrogen-bond donors (Lipinski definition) is 1. The molecule has 1 aliphatic heterocycles. The Hall–Kier alpha value is -1.00. The van der Waals surface area contributed by atoms with Gasteiger partial charge in [-0.25, -0.2) is 8.78 Å². The SMILES string of the molecule is NCC1(Cc2cc(F)cc(F)c2)CCOC1C1CC1. The Morgan fingerprint density at radius 2 is 1.89 bits per heavy atom. The van der Waals surface area contributed by atoms with Crippen molar-refractivity contribution in [1.29, 1.82) is 0 Å². The van der Waals surface area contributed by atoms with Crippen LogP contribution in [0.3, 0.4) is 0 Å². The molecule has 2 aliphatic rings. The van der Waals surface area contributed by atoms with Crippen molar-refractivity contribution in [1.82, 2.24) is 0 Å². The van der Waals surface area contributed by atoms with Crippen LogP contribution >= 0.6 is 0 Å². The highest BCUT2D eigenvalue weighted by atomic mass is 19.1. The molecule has 1 saturated heterocycles. The van der Waals surface area contributed by atoms with Crippen LogP contribution in [0, 0.1) is 23.0 Å². The number of ether oxygens (including phenoxy) is 1. The highest BCUT2D eigenvalue weighted by Crippen LogP contribution is 2.48. The molecule has 3 rings (SSSR count). The third-order valence-electron chi connectivity index (χ3n) is 4.44. The Bertz CT molecular complexity index is 455. The van der Waals surface area contributed by atoms with E-state index in [1.807, 2.05) is 0 Å². The van der Waals surface area contributed by atoms with Gasteiger partial charge >= 0.3 is 0 Å². The van der Waals surface area contributed by atoms with E-state index >= 15 is 0 Å². The van der Waals surface area contributed by atoms with Gasteiger partial charge in [-0.2, -0.15) is 0 Å². The minimum absolute atomic E-state index is 0.151. The first kappa shape index (κ1) is 13.0. The average Bonchev–Trinajstić information content (AvgIpc) is 3.10. The highest BCUT2D eigenvalue weighted by molar-refractivity contribution is 5.21. The predicted octanol–water partition coefficient (Wildman–Crippen LogP) is 2.65. The topological polar surface area (TPSA) is 35.2 Å². The van der Waals surface area contributed by atoms with Crippen molar-refractivity contribution in [2.75, 3.05) is 13.2 Å². The van der Waals surface area contributed by atoms with Gasteiger partial charge in [-0.3, -0.25) is 0 Å². The normalized spacial score (nSPS) is 30.8. The van der Waals surface area contributed by atoms with Crippen molar-refractivity contribution >= 4 is 0 Å².